The lowest BCUT2D eigenvalue weighted by Crippen LogP contribution is -2.42. The Morgan fingerprint density at radius 3 is 1.97 bits per heavy atom. The molecule has 0 aliphatic carbocycles. The molecule has 0 aliphatic heterocycles. The van der Waals surface area contributed by atoms with Crippen molar-refractivity contribution in [3.8, 4) is 0 Å². The molecule has 0 unspecified atom stereocenters. The second-order valence-electron chi connectivity index (χ2n) is 7.37. The minimum absolute atomic E-state index is 0.100. The van der Waals surface area contributed by atoms with Crippen molar-refractivity contribution in [2.45, 2.75) is 71.3 Å². The van der Waals surface area contributed by atoms with Crippen LogP contribution in [0.1, 0.15) is 70.3 Å². The van der Waals surface area contributed by atoms with Gasteiger partial charge in [0.2, 0.25) is 11.8 Å². The maximum atomic E-state index is 11.7. The first-order valence-electron chi connectivity index (χ1n) is 11.1. The highest BCUT2D eigenvalue weighted by molar-refractivity contribution is 5.87. The van der Waals surface area contributed by atoms with E-state index in [1.165, 1.54) is 44.9 Å². The van der Waals surface area contributed by atoms with Crippen molar-refractivity contribution in [3.05, 3.63) is 35.9 Å². The van der Waals surface area contributed by atoms with Gasteiger partial charge in [-0.1, -0.05) is 88.6 Å². The van der Waals surface area contributed by atoms with Gasteiger partial charge in [-0.05, 0) is 12.0 Å². The SMILES string of the molecule is CCCCCCCCCCCNC(=O)CNC(=O)CNC(=O)OCc1ccccc1. The van der Waals surface area contributed by atoms with Crippen LogP contribution in [0.5, 0.6) is 0 Å². The lowest BCUT2D eigenvalue weighted by molar-refractivity contribution is -0.125. The highest BCUT2D eigenvalue weighted by atomic mass is 16.5. The maximum absolute atomic E-state index is 11.7. The molecule has 0 saturated heterocycles. The van der Waals surface area contributed by atoms with Crippen molar-refractivity contribution in [1.29, 1.82) is 0 Å². The number of rotatable bonds is 16. The van der Waals surface area contributed by atoms with Crippen LogP contribution >= 0.6 is 0 Å². The second kappa shape index (κ2) is 17.3. The molecule has 1 rings (SSSR count). The lowest BCUT2D eigenvalue weighted by Gasteiger charge is -2.09. The van der Waals surface area contributed by atoms with Gasteiger partial charge < -0.3 is 20.7 Å². The third kappa shape index (κ3) is 14.4. The Labute approximate surface area is 180 Å². The highest BCUT2D eigenvalue weighted by Crippen LogP contribution is 2.09. The van der Waals surface area contributed by atoms with Crippen molar-refractivity contribution in [2.75, 3.05) is 19.6 Å². The van der Waals surface area contributed by atoms with Crippen LogP contribution in [0.4, 0.5) is 4.79 Å². The zero-order valence-corrected chi connectivity index (χ0v) is 18.2. The molecule has 0 aromatic heterocycles. The largest absolute Gasteiger partial charge is 0.445 e. The Bertz CT molecular complexity index is 608. The fourth-order valence-corrected chi connectivity index (χ4v) is 2.89. The molecule has 3 amide bonds. The van der Waals surface area contributed by atoms with Crippen LogP contribution in [-0.2, 0) is 20.9 Å². The minimum Gasteiger partial charge on any atom is -0.445 e. The average molecular weight is 420 g/mol. The maximum Gasteiger partial charge on any atom is 0.407 e. The van der Waals surface area contributed by atoms with Gasteiger partial charge in [-0.3, -0.25) is 9.59 Å². The molecule has 168 valence electrons. The summed E-state index contributed by atoms with van der Waals surface area (Å²) in [6, 6.07) is 9.26. The van der Waals surface area contributed by atoms with Crippen molar-refractivity contribution >= 4 is 17.9 Å². The van der Waals surface area contributed by atoms with Crippen LogP contribution in [0.25, 0.3) is 0 Å². The highest BCUT2D eigenvalue weighted by Gasteiger charge is 2.08. The summed E-state index contributed by atoms with van der Waals surface area (Å²) in [5.41, 5.74) is 0.862. The van der Waals surface area contributed by atoms with Gasteiger partial charge in [0.15, 0.2) is 0 Å². The number of nitrogens with one attached hydrogen (secondary N) is 3. The Balaban J connectivity index is 1.94. The Morgan fingerprint density at radius 1 is 0.733 bits per heavy atom. The number of amides is 3. The predicted molar refractivity (Wildman–Crippen MR) is 118 cm³/mol. The monoisotopic (exact) mass is 419 g/mol. The fourth-order valence-electron chi connectivity index (χ4n) is 2.89. The van der Waals surface area contributed by atoms with E-state index in [0.717, 1.165) is 18.4 Å². The summed E-state index contributed by atoms with van der Waals surface area (Å²) in [6.07, 6.45) is 10.4. The van der Waals surface area contributed by atoms with Gasteiger partial charge in [0, 0.05) is 6.54 Å². The summed E-state index contributed by atoms with van der Waals surface area (Å²) in [4.78, 5) is 35.0. The molecule has 7 heteroatoms. The lowest BCUT2D eigenvalue weighted by atomic mass is 10.1. The molecular formula is C23H37N3O4. The molecule has 0 fully saturated rings. The summed E-state index contributed by atoms with van der Waals surface area (Å²) < 4.78 is 5.01. The van der Waals surface area contributed by atoms with E-state index in [1.807, 2.05) is 30.3 Å². The van der Waals surface area contributed by atoms with E-state index in [4.69, 9.17) is 4.74 Å². The van der Waals surface area contributed by atoms with Gasteiger partial charge in [-0.25, -0.2) is 4.79 Å². The molecule has 7 nitrogen and oxygen atoms in total. The second-order valence-corrected chi connectivity index (χ2v) is 7.37. The zero-order chi connectivity index (χ0) is 21.9. The first kappa shape index (κ1) is 25.5. The minimum atomic E-state index is -0.677. The molecule has 0 bridgehead atoms. The number of carbonyl (C=O) groups excluding carboxylic acids is 3. The van der Waals surface area contributed by atoms with Crippen LogP contribution in [0, 0.1) is 0 Å². The van der Waals surface area contributed by atoms with E-state index >= 15 is 0 Å². The number of benzene rings is 1. The first-order valence-corrected chi connectivity index (χ1v) is 11.1. The smallest absolute Gasteiger partial charge is 0.407 e. The number of hydrogen-bond acceptors (Lipinski definition) is 4. The molecule has 0 aliphatic rings. The third-order valence-electron chi connectivity index (χ3n) is 4.65. The van der Waals surface area contributed by atoms with Crippen LogP contribution in [0.15, 0.2) is 30.3 Å². The van der Waals surface area contributed by atoms with Crippen molar-refractivity contribution < 1.29 is 19.1 Å². The van der Waals surface area contributed by atoms with E-state index in [1.54, 1.807) is 0 Å². The molecule has 0 spiro atoms. The topological polar surface area (TPSA) is 96.5 Å². The van der Waals surface area contributed by atoms with Gasteiger partial charge in [0.25, 0.3) is 0 Å². The van der Waals surface area contributed by atoms with E-state index in [-0.39, 0.29) is 25.6 Å². The molecule has 30 heavy (non-hydrogen) atoms. The number of carbonyl (C=O) groups is 3. The number of hydrogen-bond donors (Lipinski definition) is 3. The summed E-state index contributed by atoms with van der Waals surface area (Å²) >= 11 is 0. The van der Waals surface area contributed by atoms with Crippen LogP contribution in [0.3, 0.4) is 0 Å². The zero-order valence-electron chi connectivity index (χ0n) is 18.2. The normalized spacial score (nSPS) is 10.3. The predicted octanol–water partition coefficient (Wildman–Crippen LogP) is 3.68. The Morgan fingerprint density at radius 2 is 1.30 bits per heavy atom. The van der Waals surface area contributed by atoms with E-state index in [9.17, 15) is 14.4 Å². The van der Waals surface area contributed by atoms with E-state index in [0.29, 0.717) is 6.54 Å². The summed E-state index contributed by atoms with van der Waals surface area (Å²) in [5, 5.41) is 7.63. The summed E-state index contributed by atoms with van der Waals surface area (Å²) in [5.74, 6) is -0.667. The fraction of sp³-hybridized carbons (Fsp3) is 0.609. The number of ether oxygens (including phenoxy) is 1. The van der Waals surface area contributed by atoms with Crippen LogP contribution in [-0.4, -0.2) is 37.5 Å². The van der Waals surface area contributed by atoms with Crippen molar-refractivity contribution in [2.24, 2.45) is 0 Å². The molecule has 0 atom stereocenters. The summed E-state index contributed by atoms with van der Waals surface area (Å²) in [7, 11) is 0. The number of unbranched alkanes of at least 4 members (excludes halogenated alkanes) is 8. The quantitative estimate of drug-likeness (QED) is 0.356. The van der Waals surface area contributed by atoms with Crippen LogP contribution in [0.2, 0.25) is 0 Å². The molecule has 1 aromatic rings. The Hall–Kier alpha value is -2.57. The standard InChI is InChI=1S/C23H37N3O4/c1-2-3-4-5-6-7-8-9-13-16-24-21(27)17-25-22(28)18-26-23(29)30-19-20-14-11-10-12-15-20/h10-12,14-15H,2-9,13,16-19H2,1H3,(H,24,27)(H,25,28)(H,26,29). The summed E-state index contributed by atoms with van der Waals surface area (Å²) in [6.45, 7) is 2.64. The van der Waals surface area contributed by atoms with Crippen molar-refractivity contribution in [1.82, 2.24) is 16.0 Å². The van der Waals surface area contributed by atoms with Gasteiger partial charge in [0.1, 0.15) is 13.2 Å². The molecule has 3 N–H and O–H groups in total. The number of alkyl carbamates (subject to hydrolysis) is 1. The molecule has 0 saturated carbocycles. The molecule has 1 aromatic carbocycles. The van der Waals surface area contributed by atoms with E-state index in [2.05, 4.69) is 22.9 Å². The van der Waals surface area contributed by atoms with Gasteiger partial charge in [-0.15, -0.1) is 0 Å². The molecular weight excluding hydrogens is 382 g/mol. The van der Waals surface area contributed by atoms with Gasteiger partial charge in [-0.2, -0.15) is 0 Å². The molecule has 0 radical (unpaired) electrons. The first-order chi connectivity index (χ1) is 14.6. The van der Waals surface area contributed by atoms with Crippen LogP contribution < -0.4 is 16.0 Å². The average Bonchev–Trinajstić information content (AvgIpc) is 2.76. The Kier molecular flexibility index (Phi) is 14.7. The van der Waals surface area contributed by atoms with Gasteiger partial charge >= 0.3 is 6.09 Å². The third-order valence-corrected chi connectivity index (χ3v) is 4.65. The van der Waals surface area contributed by atoms with E-state index < -0.39 is 12.0 Å². The molecule has 0 heterocycles. The van der Waals surface area contributed by atoms with Crippen molar-refractivity contribution in [3.63, 3.8) is 0 Å². The van der Waals surface area contributed by atoms with Gasteiger partial charge in [0.05, 0.1) is 6.54 Å².